The monoisotopic (exact) mass is 230 g/mol. The van der Waals surface area contributed by atoms with Gasteiger partial charge in [-0.15, -0.1) is 0 Å². The molecule has 0 rings (SSSR count). The third-order valence-electron chi connectivity index (χ3n) is 2.73. The summed E-state index contributed by atoms with van der Waals surface area (Å²) < 4.78 is 10.2. The fourth-order valence-corrected chi connectivity index (χ4v) is 1.33. The van der Waals surface area contributed by atoms with Crippen molar-refractivity contribution in [2.75, 3.05) is 6.61 Å². The number of rotatable bonds is 6. The molecule has 0 aliphatic heterocycles. The van der Waals surface area contributed by atoms with E-state index in [0.29, 0.717) is 12.5 Å². The van der Waals surface area contributed by atoms with Crippen molar-refractivity contribution in [1.82, 2.24) is 0 Å². The normalized spacial score (nSPS) is 13.7. The van der Waals surface area contributed by atoms with E-state index < -0.39 is 6.16 Å². The Morgan fingerprint density at radius 2 is 1.81 bits per heavy atom. The first-order valence-corrected chi connectivity index (χ1v) is 6.12. The number of ether oxygens (including phenoxy) is 2. The number of carbonyl (C=O) groups excluding carboxylic acids is 1. The zero-order valence-electron chi connectivity index (χ0n) is 11.5. The second-order valence-corrected chi connectivity index (χ2v) is 5.52. The first-order chi connectivity index (χ1) is 7.28. The summed E-state index contributed by atoms with van der Waals surface area (Å²) in [4.78, 5) is 11.4. The van der Waals surface area contributed by atoms with E-state index in [1.165, 1.54) is 0 Å². The molecule has 0 aliphatic carbocycles. The van der Waals surface area contributed by atoms with Crippen LogP contribution in [0.3, 0.4) is 0 Å². The van der Waals surface area contributed by atoms with E-state index in [-0.39, 0.29) is 11.5 Å². The van der Waals surface area contributed by atoms with E-state index in [1.807, 2.05) is 20.8 Å². The molecule has 1 atom stereocenters. The predicted molar refractivity (Wildman–Crippen MR) is 65.4 cm³/mol. The summed E-state index contributed by atoms with van der Waals surface area (Å²) in [7, 11) is 0. The highest BCUT2D eigenvalue weighted by Crippen LogP contribution is 2.22. The SMILES string of the molecule is CCCC(C)(C)COC(=O)OC(C)C(C)C. The van der Waals surface area contributed by atoms with Crippen molar-refractivity contribution in [2.45, 2.75) is 60.5 Å². The number of hydrogen-bond acceptors (Lipinski definition) is 3. The summed E-state index contributed by atoms with van der Waals surface area (Å²) in [6.07, 6.45) is 1.49. The Kier molecular flexibility index (Phi) is 6.46. The second kappa shape index (κ2) is 6.77. The van der Waals surface area contributed by atoms with Crippen molar-refractivity contribution in [3.05, 3.63) is 0 Å². The minimum Gasteiger partial charge on any atom is -0.434 e. The molecule has 0 aliphatic rings. The van der Waals surface area contributed by atoms with Crippen LogP contribution in [0.2, 0.25) is 0 Å². The molecule has 0 heterocycles. The fraction of sp³-hybridized carbons (Fsp3) is 0.923. The maximum absolute atomic E-state index is 11.4. The van der Waals surface area contributed by atoms with Gasteiger partial charge in [0.1, 0.15) is 12.7 Å². The molecule has 0 N–H and O–H groups in total. The van der Waals surface area contributed by atoms with Crippen LogP contribution < -0.4 is 0 Å². The largest absolute Gasteiger partial charge is 0.508 e. The van der Waals surface area contributed by atoms with Crippen molar-refractivity contribution in [3.8, 4) is 0 Å². The molecule has 3 heteroatoms. The zero-order chi connectivity index (χ0) is 12.8. The van der Waals surface area contributed by atoms with E-state index in [9.17, 15) is 4.79 Å². The Balaban J connectivity index is 3.89. The van der Waals surface area contributed by atoms with Crippen molar-refractivity contribution in [1.29, 1.82) is 0 Å². The molecule has 0 bridgehead atoms. The van der Waals surface area contributed by atoms with Gasteiger partial charge in [-0.1, -0.05) is 41.0 Å². The van der Waals surface area contributed by atoms with Crippen LogP contribution in [0.15, 0.2) is 0 Å². The van der Waals surface area contributed by atoms with Crippen LogP contribution in [0.4, 0.5) is 4.79 Å². The molecule has 3 nitrogen and oxygen atoms in total. The van der Waals surface area contributed by atoms with Gasteiger partial charge in [0.2, 0.25) is 0 Å². The molecule has 0 spiro atoms. The summed E-state index contributed by atoms with van der Waals surface area (Å²) in [5, 5.41) is 0. The first kappa shape index (κ1) is 15.3. The molecule has 0 aromatic rings. The fourth-order valence-electron chi connectivity index (χ4n) is 1.33. The van der Waals surface area contributed by atoms with Gasteiger partial charge in [0.05, 0.1) is 0 Å². The van der Waals surface area contributed by atoms with Gasteiger partial charge < -0.3 is 9.47 Å². The lowest BCUT2D eigenvalue weighted by Crippen LogP contribution is -2.25. The van der Waals surface area contributed by atoms with Gasteiger partial charge >= 0.3 is 6.16 Å². The Hall–Kier alpha value is -0.730. The maximum Gasteiger partial charge on any atom is 0.508 e. The van der Waals surface area contributed by atoms with Gasteiger partial charge in [-0.05, 0) is 24.7 Å². The second-order valence-electron chi connectivity index (χ2n) is 5.52. The molecule has 1 unspecified atom stereocenters. The quantitative estimate of drug-likeness (QED) is 0.647. The summed E-state index contributed by atoms with van der Waals surface area (Å²) >= 11 is 0. The summed E-state index contributed by atoms with van der Waals surface area (Å²) in [6.45, 7) is 12.6. The molecule has 0 saturated heterocycles. The van der Waals surface area contributed by atoms with Crippen LogP contribution in [0.25, 0.3) is 0 Å². The molecule has 0 saturated carbocycles. The van der Waals surface area contributed by atoms with Crippen molar-refractivity contribution >= 4 is 6.16 Å². The molecular formula is C13H26O3. The molecular weight excluding hydrogens is 204 g/mol. The Labute approximate surface area is 99.5 Å². The van der Waals surface area contributed by atoms with Gasteiger partial charge in [0.15, 0.2) is 0 Å². The van der Waals surface area contributed by atoms with Crippen LogP contribution in [0.1, 0.15) is 54.4 Å². The van der Waals surface area contributed by atoms with E-state index in [0.717, 1.165) is 12.8 Å². The van der Waals surface area contributed by atoms with E-state index >= 15 is 0 Å². The minimum atomic E-state index is -0.551. The highest BCUT2D eigenvalue weighted by Gasteiger charge is 2.21. The van der Waals surface area contributed by atoms with Crippen LogP contribution in [0, 0.1) is 11.3 Å². The van der Waals surface area contributed by atoms with Crippen LogP contribution in [-0.2, 0) is 9.47 Å². The van der Waals surface area contributed by atoms with Crippen molar-refractivity contribution in [3.63, 3.8) is 0 Å². The van der Waals surface area contributed by atoms with E-state index in [1.54, 1.807) is 0 Å². The lowest BCUT2D eigenvalue weighted by molar-refractivity contribution is -0.00365. The summed E-state index contributed by atoms with van der Waals surface area (Å²) in [5.41, 5.74) is 0.0365. The zero-order valence-corrected chi connectivity index (χ0v) is 11.5. The smallest absolute Gasteiger partial charge is 0.434 e. The third-order valence-corrected chi connectivity index (χ3v) is 2.73. The third kappa shape index (κ3) is 6.70. The molecule has 0 aromatic heterocycles. The Bertz CT molecular complexity index is 209. The van der Waals surface area contributed by atoms with Crippen LogP contribution in [-0.4, -0.2) is 18.9 Å². The number of carbonyl (C=O) groups is 1. The topological polar surface area (TPSA) is 35.5 Å². The van der Waals surface area contributed by atoms with E-state index in [2.05, 4.69) is 20.8 Å². The predicted octanol–water partition coefficient (Wildman–Crippen LogP) is 4.01. The lowest BCUT2D eigenvalue weighted by Gasteiger charge is -2.24. The Morgan fingerprint density at radius 3 is 2.25 bits per heavy atom. The van der Waals surface area contributed by atoms with Gasteiger partial charge in [-0.3, -0.25) is 0 Å². The van der Waals surface area contributed by atoms with E-state index in [4.69, 9.17) is 9.47 Å². The van der Waals surface area contributed by atoms with Gasteiger partial charge in [-0.2, -0.15) is 0 Å². The highest BCUT2D eigenvalue weighted by molar-refractivity contribution is 5.60. The summed E-state index contributed by atoms with van der Waals surface area (Å²) in [6, 6.07) is 0. The molecule has 0 amide bonds. The average molecular weight is 230 g/mol. The standard InChI is InChI=1S/C13H26O3/c1-7-8-13(5,6)9-15-12(14)16-11(4)10(2)3/h10-11H,7-9H2,1-6H3. The van der Waals surface area contributed by atoms with Gasteiger partial charge in [0.25, 0.3) is 0 Å². The van der Waals surface area contributed by atoms with Crippen LogP contribution in [0.5, 0.6) is 0 Å². The van der Waals surface area contributed by atoms with Gasteiger partial charge in [-0.25, -0.2) is 4.79 Å². The lowest BCUT2D eigenvalue weighted by atomic mass is 9.89. The maximum atomic E-state index is 11.4. The summed E-state index contributed by atoms with van der Waals surface area (Å²) in [5.74, 6) is 0.316. The molecule has 0 fully saturated rings. The van der Waals surface area contributed by atoms with Crippen molar-refractivity contribution < 1.29 is 14.3 Å². The van der Waals surface area contributed by atoms with Crippen molar-refractivity contribution in [2.24, 2.45) is 11.3 Å². The molecule has 0 radical (unpaired) electrons. The highest BCUT2D eigenvalue weighted by atomic mass is 16.7. The molecule has 0 aromatic carbocycles. The van der Waals surface area contributed by atoms with Crippen LogP contribution >= 0.6 is 0 Å². The average Bonchev–Trinajstić information content (AvgIpc) is 2.14. The minimum absolute atomic E-state index is 0.0365. The molecule has 96 valence electrons. The first-order valence-electron chi connectivity index (χ1n) is 6.12. The molecule has 16 heavy (non-hydrogen) atoms. The number of hydrogen-bond donors (Lipinski definition) is 0. The Morgan fingerprint density at radius 1 is 1.25 bits per heavy atom. The van der Waals surface area contributed by atoms with Gasteiger partial charge in [0, 0.05) is 0 Å².